The summed E-state index contributed by atoms with van der Waals surface area (Å²) in [5, 5.41) is 6.00. The molecule has 3 heterocycles. The van der Waals surface area contributed by atoms with Crippen molar-refractivity contribution in [1.82, 2.24) is 24.7 Å². The van der Waals surface area contributed by atoms with Crippen molar-refractivity contribution in [2.45, 2.75) is 46.6 Å². The summed E-state index contributed by atoms with van der Waals surface area (Å²) in [4.78, 5) is 42.1. The van der Waals surface area contributed by atoms with Crippen molar-refractivity contribution in [1.29, 1.82) is 0 Å². The van der Waals surface area contributed by atoms with Crippen LogP contribution in [0, 0.1) is 19.7 Å². The predicted molar refractivity (Wildman–Crippen MR) is 213 cm³/mol. The quantitative estimate of drug-likeness (QED) is 0.143. The first-order chi connectivity index (χ1) is 27.1. The Morgan fingerprint density at radius 2 is 1.66 bits per heavy atom. The zero-order valence-electron chi connectivity index (χ0n) is 32.9. The number of anilines is 3. The van der Waals surface area contributed by atoms with Gasteiger partial charge in [0, 0.05) is 81.9 Å². The lowest BCUT2D eigenvalue weighted by atomic mass is 10.1. The number of piperazine rings is 1. The fourth-order valence-electron chi connectivity index (χ4n) is 6.74. The molecule has 13 nitrogen and oxygen atoms in total. The summed E-state index contributed by atoms with van der Waals surface area (Å²) < 4.78 is 38.4. The first-order valence-corrected chi connectivity index (χ1v) is 19.2. The second-order valence-electron chi connectivity index (χ2n) is 14.3. The summed E-state index contributed by atoms with van der Waals surface area (Å²) in [6.07, 6.45) is 2.21. The van der Waals surface area contributed by atoms with Gasteiger partial charge in [-0.2, -0.15) is 4.98 Å². The first-order valence-electron chi connectivity index (χ1n) is 19.2. The molecule has 0 bridgehead atoms. The monoisotopic (exact) mass is 769 g/mol. The van der Waals surface area contributed by atoms with E-state index in [1.54, 1.807) is 24.3 Å². The molecule has 2 fully saturated rings. The number of nitrogens with one attached hydrogen (secondary N) is 2. The Labute approximate surface area is 328 Å². The van der Waals surface area contributed by atoms with Crippen LogP contribution in [0.1, 0.15) is 47.3 Å². The maximum atomic E-state index is 15.2. The number of ether oxygens (including phenoxy) is 4. The maximum Gasteiger partial charge on any atom is 0.262 e. The van der Waals surface area contributed by atoms with Gasteiger partial charge in [0.25, 0.3) is 5.91 Å². The minimum Gasteiger partial charge on any atom is -0.493 e. The number of amides is 2. The topological polar surface area (TPSA) is 131 Å². The van der Waals surface area contributed by atoms with E-state index in [0.29, 0.717) is 81.2 Å². The Bertz CT molecular complexity index is 1960. The van der Waals surface area contributed by atoms with Gasteiger partial charge in [-0.05, 0) is 75.1 Å². The number of methoxy groups -OCH3 is 1. The van der Waals surface area contributed by atoms with Crippen LogP contribution in [0.15, 0.2) is 60.8 Å². The number of halogens is 1. The molecule has 56 heavy (non-hydrogen) atoms. The average Bonchev–Trinajstić information content (AvgIpc) is 3.20. The van der Waals surface area contributed by atoms with E-state index < -0.39 is 11.7 Å². The van der Waals surface area contributed by atoms with Crippen molar-refractivity contribution in [2.24, 2.45) is 0 Å². The summed E-state index contributed by atoms with van der Waals surface area (Å²) >= 11 is 0. The first kappa shape index (κ1) is 40.4. The van der Waals surface area contributed by atoms with Crippen LogP contribution in [0.3, 0.4) is 0 Å². The molecule has 3 aromatic carbocycles. The Morgan fingerprint density at radius 3 is 2.36 bits per heavy atom. The molecular formula is C42H52FN7O6. The van der Waals surface area contributed by atoms with Crippen LogP contribution in [-0.4, -0.2) is 115 Å². The van der Waals surface area contributed by atoms with Crippen LogP contribution in [0.2, 0.25) is 0 Å². The lowest BCUT2D eigenvalue weighted by molar-refractivity contribution is -0.135. The van der Waals surface area contributed by atoms with Gasteiger partial charge >= 0.3 is 0 Å². The summed E-state index contributed by atoms with van der Waals surface area (Å²) in [5.41, 5.74) is 3.79. The molecule has 2 amide bonds. The molecule has 0 radical (unpaired) electrons. The third-order valence-electron chi connectivity index (χ3n) is 10.1. The zero-order chi connectivity index (χ0) is 39.6. The third-order valence-corrected chi connectivity index (χ3v) is 10.1. The van der Waals surface area contributed by atoms with Crippen LogP contribution in [0.5, 0.6) is 23.1 Å². The molecule has 2 saturated heterocycles. The van der Waals surface area contributed by atoms with Crippen LogP contribution in [0.25, 0.3) is 0 Å². The van der Waals surface area contributed by atoms with E-state index >= 15 is 4.39 Å². The Morgan fingerprint density at radius 1 is 0.929 bits per heavy atom. The maximum absolute atomic E-state index is 15.2. The number of benzene rings is 3. The lowest BCUT2D eigenvalue weighted by Gasteiger charge is -2.36. The molecule has 0 saturated carbocycles. The van der Waals surface area contributed by atoms with E-state index in [0.717, 1.165) is 42.9 Å². The van der Waals surface area contributed by atoms with Gasteiger partial charge in [0.2, 0.25) is 17.7 Å². The number of carbonyl (C=O) groups is 2. The number of carbonyl (C=O) groups excluding carboxylic acids is 2. The molecule has 0 unspecified atom stereocenters. The molecule has 4 aromatic rings. The van der Waals surface area contributed by atoms with Gasteiger partial charge in [-0.3, -0.25) is 19.4 Å². The summed E-state index contributed by atoms with van der Waals surface area (Å²) in [6, 6.07) is 16.2. The van der Waals surface area contributed by atoms with Crippen LogP contribution in [-0.2, 0) is 16.0 Å². The Kier molecular flexibility index (Phi) is 13.7. The number of hydrogen-bond acceptors (Lipinski definition) is 11. The normalized spacial score (nSPS) is 15.1. The highest BCUT2D eigenvalue weighted by atomic mass is 19.1. The Hall–Kier alpha value is -5.31. The van der Waals surface area contributed by atoms with Gasteiger partial charge in [0.1, 0.15) is 12.2 Å². The van der Waals surface area contributed by atoms with E-state index in [-0.39, 0.29) is 29.0 Å². The number of rotatable bonds is 15. The summed E-state index contributed by atoms with van der Waals surface area (Å²) in [5.74, 6) is -0.0548. The van der Waals surface area contributed by atoms with E-state index in [2.05, 4.69) is 44.2 Å². The van der Waals surface area contributed by atoms with Gasteiger partial charge in [-0.1, -0.05) is 24.3 Å². The molecule has 0 atom stereocenters. The van der Waals surface area contributed by atoms with E-state index in [9.17, 15) is 9.59 Å². The van der Waals surface area contributed by atoms with Crippen LogP contribution < -0.4 is 24.8 Å². The standard InChI is InChI=1S/C42H52FN7O6/c1-28(2)49-17-15-48(16-18-49)19-24-55-35-13-11-32(26-34(35)43)45-42-44-27-33(40(52)46-39-29(3)7-6-8-30(39)4)41(47-42)56-36-12-9-31(25-37(36)53-5)10-14-38(51)50-20-22-54-23-21-50/h6-9,11-13,25-28H,10,14-24H2,1-5H3,(H,46,52)(H,44,45,47). The molecule has 14 heteroatoms. The number of morpholine rings is 1. The Balaban J connectivity index is 1.17. The fourth-order valence-corrected chi connectivity index (χ4v) is 6.74. The lowest BCUT2D eigenvalue weighted by Crippen LogP contribution is -2.49. The zero-order valence-corrected chi connectivity index (χ0v) is 32.9. The largest absolute Gasteiger partial charge is 0.493 e. The minimum absolute atomic E-state index is 0.0468. The number of aryl methyl sites for hydroxylation is 3. The molecule has 2 aliphatic heterocycles. The molecule has 0 aliphatic carbocycles. The highest BCUT2D eigenvalue weighted by molar-refractivity contribution is 6.06. The highest BCUT2D eigenvalue weighted by Crippen LogP contribution is 2.35. The van der Waals surface area contributed by atoms with E-state index in [1.807, 2.05) is 43.0 Å². The predicted octanol–water partition coefficient (Wildman–Crippen LogP) is 6.23. The third kappa shape index (κ3) is 10.5. The van der Waals surface area contributed by atoms with Crippen LogP contribution >= 0.6 is 0 Å². The van der Waals surface area contributed by atoms with Crippen molar-refractivity contribution >= 4 is 29.1 Å². The van der Waals surface area contributed by atoms with Gasteiger partial charge in [-0.15, -0.1) is 0 Å². The number of hydrogen-bond donors (Lipinski definition) is 2. The average molecular weight is 770 g/mol. The fraction of sp³-hybridized carbons (Fsp3) is 0.429. The van der Waals surface area contributed by atoms with Crippen molar-refractivity contribution in [3.63, 3.8) is 0 Å². The number of nitrogens with zero attached hydrogens (tertiary/aromatic N) is 5. The smallest absolute Gasteiger partial charge is 0.262 e. The number of para-hydroxylation sites is 1. The van der Waals surface area contributed by atoms with Crippen molar-refractivity contribution in [3.05, 3.63) is 88.9 Å². The van der Waals surface area contributed by atoms with Gasteiger partial charge in [0.15, 0.2) is 23.1 Å². The van der Waals surface area contributed by atoms with Gasteiger partial charge in [-0.25, -0.2) is 9.37 Å². The van der Waals surface area contributed by atoms with Gasteiger partial charge < -0.3 is 34.5 Å². The highest BCUT2D eigenvalue weighted by Gasteiger charge is 2.22. The van der Waals surface area contributed by atoms with Crippen molar-refractivity contribution in [2.75, 3.05) is 83.4 Å². The van der Waals surface area contributed by atoms with E-state index in [1.165, 1.54) is 19.4 Å². The molecular weight excluding hydrogens is 718 g/mol. The molecule has 0 spiro atoms. The van der Waals surface area contributed by atoms with Gasteiger partial charge in [0.05, 0.1) is 20.3 Å². The molecule has 298 valence electrons. The second kappa shape index (κ2) is 19.0. The van der Waals surface area contributed by atoms with Crippen LogP contribution in [0.4, 0.5) is 21.7 Å². The molecule has 2 N–H and O–H groups in total. The number of aromatic nitrogens is 2. The van der Waals surface area contributed by atoms with Crippen molar-refractivity contribution < 1.29 is 32.9 Å². The molecule has 1 aromatic heterocycles. The molecule has 6 rings (SSSR count). The summed E-state index contributed by atoms with van der Waals surface area (Å²) in [7, 11) is 1.52. The van der Waals surface area contributed by atoms with Crippen molar-refractivity contribution in [3.8, 4) is 23.1 Å². The van der Waals surface area contributed by atoms with E-state index in [4.69, 9.17) is 18.9 Å². The summed E-state index contributed by atoms with van der Waals surface area (Å²) in [6.45, 7) is 15.6. The SMILES string of the molecule is COc1cc(CCC(=O)N2CCOCC2)ccc1Oc1nc(Nc2ccc(OCCN3CCN(C(C)C)CC3)c(F)c2)ncc1C(=O)Nc1c(C)cccc1C. The second-order valence-corrected chi connectivity index (χ2v) is 14.3. The minimum atomic E-state index is -0.530. The molecule has 2 aliphatic rings.